The second kappa shape index (κ2) is 15.3. The maximum absolute atomic E-state index is 13.8. The molecule has 0 saturated carbocycles. The summed E-state index contributed by atoms with van der Waals surface area (Å²) >= 11 is 0. The van der Waals surface area contributed by atoms with E-state index >= 15 is 0 Å². The Balaban J connectivity index is 1.53. The van der Waals surface area contributed by atoms with E-state index in [0.29, 0.717) is 23.2 Å². The zero-order chi connectivity index (χ0) is 32.3. The number of phenolic OH excluding ortho intramolecular Hbond substituents is 2. The van der Waals surface area contributed by atoms with Gasteiger partial charge in [0.05, 0.1) is 24.6 Å². The van der Waals surface area contributed by atoms with Gasteiger partial charge in [0.25, 0.3) is 0 Å². The van der Waals surface area contributed by atoms with Crippen LogP contribution in [-0.4, -0.2) is 70.9 Å². The standard InChI is InChI=1S/C32H36N6O7/c1-19(10-23-15-33-17-35-23)30(42)37-27(11-20-2-6-25(39)7-3-20)29(41)14-22(13-24-16-34-18-36-24)31(43)38-28(32(44)45)12-21-4-8-26(40)9-5-21/h2-9,15-19,22,27-28,39-40H,10-14H2,1H3,(H,33,35)(H,34,36)(H,37,42)(H,38,43)(H,44,45). The fraction of sp³-hybridized carbons (Fsp3) is 0.312. The number of H-pyrrole nitrogens is 2. The lowest BCUT2D eigenvalue weighted by atomic mass is 9.90. The maximum Gasteiger partial charge on any atom is 0.326 e. The molecular formula is C32H36N6O7. The molecule has 2 aromatic carbocycles. The molecule has 0 aliphatic rings. The molecule has 0 aliphatic carbocycles. The average Bonchev–Trinajstić information content (AvgIpc) is 3.73. The van der Waals surface area contributed by atoms with Crippen LogP contribution in [0.3, 0.4) is 0 Å². The third kappa shape index (κ3) is 9.78. The minimum atomic E-state index is -1.29. The van der Waals surface area contributed by atoms with Crippen molar-refractivity contribution >= 4 is 23.6 Å². The molecule has 0 fully saturated rings. The SMILES string of the molecule is CC(Cc1cnc[nH]1)C(=O)NC(Cc1ccc(O)cc1)C(=O)CC(Cc1cnc[nH]1)C(=O)NC(Cc1ccc(O)cc1)C(=O)O. The Morgan fingerprint density at radius 2 is 1.20 bits per heavy atom. The van der Waals surface area contributed by atoms with Crippen molar-refractivity contribution in [1.29, 1.82) is 0 Å². The lowest BCUT2D eigenvalue weighted by Crippen LogP contribution is -2.48. The lowest BCUT2D eigenvalue weighted by molar-refractivity contribution is -0.142. The molecular weight excluding hydrogens is 580 g/mol. The number of hydrogen-bond acceptors (Lipinski definition) is 8. The van der Waals surface area contributed by atoms with Crippen LogP contribution in [-0.2, 0) is 44.9 Å². The zero-order valence-electron chi connectivity index (χ0n) is 24.6. The maximum atomic E-state index is 13.8. The first-order valence-electron chi connectivity index (χ1n) is 14.4. The molecule has 7 N–H and O–H groups in total. The molecule has 236 valence electrons. The number of aromatic nitrogens is 4. The van der Waals surface area contributed by atoms with E-state index in [1.807, 2.05) is 0 Å². The highest BCUT2D eigenvalue weighted by Crippen LogP contribution is 2.18. The van der Waals surface area contributed by atoms with Gasteiger partial charge < -0.3 is 35.9 Å². The number of Topliss-reactive ketones (excluding diaryl/α,β-unsaturated/α-hetero) is 1. The van der Waals surface area contributed by atoms with Gasteiger partial charge in [0, 0.05) is 55.4 Å². The van der Waals surface area contributed by atoms with E-state index in [1.165, 1.54) is 43.1 Å². The second-order valence-corrected chi connectivity index (χ2v) is 11.0. The summed E-state index contributed by atoms with van der Waals surface area (Å²) in [5.74, 6) is -4.10. The van der Waals surface area contributed by atoms with Crippen molar-refractivity contribution in [2.24, 2.45) is 11.8 Å². The molecule has 0 radical (unpaired) electrons. The molecule has 4 rings (SSSR count). The number of aromatic hydroxyl groups is 2. The topological polar surface area (TPSA) is 210 Å². The lowest BCUT2D eigenvalue weighted by Gasteiger charge is -2.24. The molecule has 0 spiro atoms. The number of amides is 2. The number of carboxylic acid groups (broad SMARTS) is 1. The van der Waals surface area contributed by atoms with Crippen molar-refractivity contribution in [2.75, 3.05) is 0 Å². The molecule has 0 aliphatic heterocycles. The monoisotopic (exact) mass is 616 g/mol. The molecule has 0 saturated heterocycles. The van der Waals surface area contributed by atoms with Gasteiger partial charge in [-0.05, 0) is 41.8 Å². The summed E-state index contributed by atoms with van der Waals surface area (Å²) in [6, 6.07) is 9.93. The number of carboxylic acids is 1. The van der Waals surface area contributed by atoms with Crippen molar-refractivity contribution < 1.29 is 34.5 Å². The highest BCUT2D eigenvalue weighted by atomic mass is 16.4. The molecule has 0 bridgehead atoms. The van der Waals surface area contributed by atoms with Gasteiger partial charge in [-0.2, -0.15) is 0 Å². The number of benzene rings is 2. The van der Waals surface area contributed by atoms with Gasteiger partial charge in [-0.25, -0.2) is 14.8 Å². The highest BCUT2D eigenvalue weighted by molar-refractivity contribution is 5.94. The number of nitrogens with one attached hydrogen (secondary N) is 4. The first-order chi connectivity index (χ1) is 21.6. The highest BCUT2D eigenvalue weighted by Gasteiger charge is 2.32. The molecule has 2 aromatic heterocycles. The fourth-order valence-electron chi connectivity index (χ4n) is 4.91. The Morgan fingerprint density at radius 3 is 1.69 bits per heavy atom. The van der Waals surface area contributed by atoms with Crippen LogP contribution in [0.25, 0.3) is 0 Å². The van der Waals surface area contributed by atoms with E-state index in [2.05, 4.69) is 30.6 Å². The minimum absolute atomic E-state index is 0.0254. The average molecular weight is 617 g/mol. The van der Waals surface area contributed by atoms with Crippen LogP contribution in [0.5, 0.6) is 11.5 Å². The fourth-order valence-corrected chi connectivity index (χ4v) is 4.91. The first-order valence-corrected chi connectivity index (χ1v) is 14.4. The summed E-state index contributed by atoms with van der Waals surface area (Å²) in [6.07, 6.45) is 6.30. The van der Waals surface area contributed by atoms with Crippen LogP contribution in [0.15, 0.2) is 73.6 Å². The van der Waals surface area contributed by atoms with Crippen molar-refractivity contribution in [3.8, 4) is 11.5 Å². The molecule has 4 aromatic rings. The Morgan fingerprint density at radius 1 is 0.711 bits per heavy atom. The van der Waals surface area contributed by atoms with Crippen LogP contribution in [0.2, 0.25) is 0 Å². The molecule has 4 atom stereocenters. The number of phenols is 2. The summed E-state index contributed by atoms with van der Waals surface area (Å²) < 4.78 is 0. The third-order valence-electron chi connectivity index (χ3n) is 7.44. The van der Waals surface area contributed by atoms with Gasteiger partial charge in [-0.3, -0.25) is 14.4 Å². The predicted octanol–water partition coefficient (Wildman–Crippen LogP) is 2.08. The van der Waals surface area contributed by atoms with Crippen molar-refractivity contribution in [3.63, 3.8) is 0 Å². The predicted molar refractivity (Wildman–Crippen MR) is 162 cm³/mol. The minimum Gasteiger partial charge on any atom is -0.508 e. The number of aromatic amines is 2. The Hall–Kier alpha value is -5.46. The van der Waals surface area contributed by atoms with Crippen LogP contribution in [0.1, 0.15) is 35.9 Å². The van der Waals surface area contributed by atoms with E-state index in [0.717, 1.165) is 5.69 Å². The van der Waals surface area contributed by atoms with E-state index < -0.39 is 41.6 Å². The number of aliphatic carboxylic acids is 1. The summed E-state index contributed by atoms with van der Waals surface area (Å²) in [6.45, 7) is 1.73. The largest absolute Gasteiger partial charge is 0.508 e. The summed E-state index contributed by atoms with van der Waals surface area (Å²) in [5, 5.41) is 34.5. The van der Waals surface area contributed by atoms with Gasteiger partial charge in [-0.15, -0.1) is 0 Å². The summed E-state index contributed by atoms with van der Waals surface area (Å²) in [4.78, 5) is 66.5. The third-order valence-corrected chi connectivity index (χ3v) is 7.44. The van der Waals surface area contributed by atoms with E-state index in [1.54, 1.807) is 37.4 Å². The molecule has 13 nitrogen and oxygen atoms in total. The number of rotatable bonds is 16. The molecule has 4 unspecified atom stereocenters. The van der Waals surface area contributed by atoms with Crippen LogP contribution in [0.4, 0.5) is 0 Å². The Kier molecular flexibility index (Phi) is 11.0. The van der Waals surface area contributed by atoms with Crippen LogP contribution < -0.4 is 10.6 Å². The van der Waals surface area contributed by atoms with Crippen LogP contribution >= 0.6 is 0 Å². The zero-order valence-corrected chi connectivity index (χ0v) is 24.6. The molecule has 45 heavy (non-hydrogen) atoms. The molecule has 2 amide bonds. The van der Waals surface area contributed by atoms with Gasteiger partial charge >= 0.3 is 5.97 Å². The van der Waals surface area contributed by atoms with E-state index in [9.17, 15) is 34.5 Å². The summed E-state index contributed by atoms with van der Waals surface area (Å²) in [5.41, 5.74) is 2.60. The number of carbonyl (C=O) groups is 4. The van der Waals surface area contributed by atoms with Gasteiger partial charge in [0.1, 0.15) is 17.5 Å². The van der Waals surface area contributed by atoms with Crippen molar-refractivity contribution in [1.82, 2.24) is 30.6 Å². The van der Waals surface area contributed by atoms with Gasteiger partial charge in [0.2, 0.25) is 11.8 Å². The van der Waals surface area contributed by atoms with E-state index in [-0.39, 0.29) is 43.1 Å². The van der Waals surface area contributed by atoms with E-state index in [4.69, 9.17) is 0 Å². The van der Waals surface area contributed by atoms with Crippen molar-refractivity contribution in [2.45, 2.75) is 51.1 Å². The Bertz CT molecular complexity index is 1550. The van der Waals surface area contributed by atoms with Crippen molar-refractivity contribution in [3.05, 3.63) is 96.1 Å². The smallest absolute Gasteiger partial charge is 0.326 e. The first kappa shape index (κ1) is 32.5. The number of hydrogen-bond donors (Lipinski definition) is 7. The Labute approximate surface area is 259 Å². The quantitative estimate of drug-likeness (QED) is 0.0981. The normalized spacial score (nSPS) is 13.7. The number of carbonyl (C=O) groups excluding carboxylic acids is 3. The number of imidazole rings is 2. The molecule has 13 heteroatoms. The van der Waals surface area contributed by atoms with Gasteiger partial charge in [-0.1, -0.05) is 31.2 Å². The molecule has 2 heterocycles. The number of nitrogens with zero attached hydrogens (tertiary/aromatic N) is 2. The number of ketones is 1. The summed E-state index contributed by atoms with van der Waals surface area (Å²) in [7, 11) is 0. The second-order valence-electron chi connectivity index (χ2n) is 11.0. The van der Waals surface area contributed by atoms with Crippen LogP contribution in [0, 0.1) is 11.8 Å². The van der Waals surface area contributed by atoms with Gasteiger partial charge in [0.15, 0.2) is 5.78 Å².